The summed E-state index contributed by atoms with van der Waals surface area (Å²) in [4.78, 5) is 10.0. The molecule has 0 radical (unpaired) electrons. The average molecular weight is 167 g/mol. The van der Waals surface area contributed by atoms with Gasteiger partial charge < -0.3 is 0 Å². The van der Waals surface area contributed by atoms with Crippen LogP contribution in [0.1, 0.15) is 13.8 Å². The van der Waals surface area contributed by atoms with Crippen molar-refractivity contribution >= 4 is 22.0 Å². The molecular formula is C4H8O2Se. The van der Waals surface area contributed by atoms with E-state index in [0.717, 1.165) is 0 Å². The van der Waals surface area contributed by atoms with Crippen LogP contribution in [0.2, 0.25) is 4.31 Å². The molecule has 0 aliphatic heterocycles. The van der Waals surface area contributed by atoms with Crippen molar-refractivity contribution in [1.82, 2.24) is 0 Å². The molecular weight excluding hydrogens is 159 g/mol. The first kappa shape index (κ1) is 6.99. The SMILES string of the molecule is CC(C)([SeH])C(=O)O. The minimum absolute atomic E-state index is 0.646. The second-order valence-electron chi connectivity index (χ2n) is 1.86. The normalized spacial score (nSPS) is 11.3. The Bertz CT molecular complexity index is 82.2. The van der Waals surface area contributed by atoms with Gasteiger partial charge in [0.15, 0.2) is 0 Å². The molecule has 0 fully saturated rings. The molecule has 0 saturated heterocycles. The monoisotopic (exact) mass is 168 g/mol. The van der Waals surface area contributed by atoms with Gasteiger partial charge in [-0.05, 0) is 0 Å². The third-order valence-corrected chi connectivity index (χ3v) is 0.925. The minimum atomic E-state index is -0.785. The van der Waals surface area contributed by atoms with Gasteiger partial charge in [0.05, 0.1) is 0 Å². The first-order valence-electron chi connectivity index (χ1n) is 1.90. The number of carbonyl (C=O) groups is 1. The maximum absolute atomic E-state index is 10.0. The van der Waals surface area contributed by atoms with Gasteiger partial charge in [0.25, 0.3) is 0 Å². The van der Waals surface area contributed by atoms with Crippen LogP contribution in [0.4, 0.5) is 0 Å². The molecule has 7 heavy (non-hydrogen) atoms. The van der Waals surface area contributed by atoms with E-state index < -0.39 is 10.3 Å². The van der Waals surface area contributed by atoms with Gasteiger partial charge in [0.2, 0.25) is 0 Å². The number of aliphatic carboxylic acids is 1. The van der Waals surface area contributed by atoms with E-state index in [1.807, 2.05) is 0 Å². The molecule has 0 aromatic carbocycles. The second kappa shape index (κ2) is 1.85. The van der Waals surface area contributed by atoms with Gasteiger partial charge in [0, 0.05) is 0 Å². The molecule has 3 heteroatoms. The average Bonchev–Trinajstić information content (AvgIpc) is 1.31. The zero-order valence-electron chi connectivity index (χ0n) is 4.30. The van der Waals surface area contributed by atoms with Gasteiger partial charge in [-0.15, -0.1) is 0 Å². The molecule has 2 nitrogen and oxygen atoms in total. The van der Waals surface area contributed by atoms with Gasteiger partial charge in [-0.2, -0.15) is 0 Å². The van der Waals surface area contributed by atoms with Gasteiger partial charge in [-0.25, -0.2) is 0 Å². The molecule has 0 spiro atoms. The quantitative estimate of drug-likeness (QED) is 0.565. The fraction of sp³-hybridized carbons (Fsp3) is 0.750. The van der Waals surface area contributed by atoms with Gasteiger partial charge in [-0.1, -0.05) is 0 Å². The number of hydrogen-bond donors (Lipinski definition) is 1. The zero-order valence-corrected chi connectivity index (χ0v) is 6.18. The molecule has 0 amide bonds. The third-order valence-electron chi connectivity index (χ3n) is 0.523. The molecule has 1 N–H and O–H groups in total. The summed E-state index contributed by atoms with van der Waals surface area (Å²) in [6.07, 6.45) is 0. The van der Waals surface area contributed by atoms with Crippen LogP contribution in [0, 0.1) is 0 Å². The zero-order chi connectivity index (χ0) is 6.08. The Morgan fingerprint density at radius 1 is 1.71 bits per heavy atom. The predicted octanol–water partition coefficient (Wildman–Crippen LogP) is 0.170. The summed E-state index contributed by atoms with van der Waals surface area (Å²) < 4.78 is -0.646. The number of rotatable bonds is 1. The Kier molecular flexibility index (Phi) is 1.84. The van der Waals surface area contributed by atoms with E-state index in [1.54, 1.807) is 13.8 Å². The summed E-state index contributed by atoms with van der Waals surface area (Å²) in [5, 5.41) is 8.23. The Morgan fingerprint density at radius 2 is 1.86 bits per heavy atom. The van der Waals surface area contributed by atoms with Crippen LogP contribution in [-0.4, -0.2) is 27.1 Å². The molecule has 0 atom stereocenters. The van der Waals surface area contributed by atoms with Crippen LogP contribution in [0.5, 0.6) is 0 Å². The summed E-state index contributed by atoms with van der Waals surface area (Å²) in [6, 6.07) is 0. The van der Waals surface area contributed by atoms with Crippen molar-refractivity contribution < 1.29 is 9.90 Å². The van der Waals surface area contributed by atoms with E-state index >= 15 is 0 Å². The molecule has 0 aliphatic rings. The number of hydrogen-bond acceptors (Lipinski definition) is 1. The van der Waals surface area contributed by atoms with E-state index in [4.69, 9.17) is 5.11 Å². The molecule has 42 valence electrons. The van der Waals surface area contributed by atoms with Crippen LogP contribution >= 0.6 is 0 Å². The van der Waals surface area contributed by atoms with Crippen molar-refractivity contribution in [3.05, 3.63) is 0 Å². The first-order chi connectivity index (χ1) is 2.94. The van der Waals surface area contributed by atoms with Crippen molar-refractivity contribution in [2.75, 3.05) is 0 Å². The number of carboxylic acids is 1. The fourth-order valence-corrected chi connectivity index (χ4v) is 0. The van der Waals surface area contributed by atoms with Crippen LogP contribution < -0.4 is 0 Å². The molecule has 0 aromatic heterocycles. The van der Waals surface area contributed by atoms with Gasteiger partial charge in [0.1, 0.15) is 0 Å². The fourth-order valence-electron chi connectivity index (χ4n) is 0. The van der Waals surface area contributed by atoms with Crippen molar-refractivity contribution in [1.29, 1.82) is 0 Å². The van der Waals surface area contributed by atoms with Crippen LogP contribution in [0.3, 0.4) is 0 Å². The number of carboxylic acid groups (broad SMARTS) is 1. The molecule has 0 bridgehead atoms. The molecule has 0 saturated carbocycles. The summed E-state index contributed by atoms with van der Waals surface area (Å²) in [6.45, 7) is 3.27. The Labute approximate surface area is 50.7 Å². The van der Waals surface area contributed by atoms with E-state index in [-0.39, 0.29) is 0 Å². The van der Waals surface area contributed by atoms with Crippen molar-refractivity contribution in [2.45, 2.75) is 18.2 Å². The maximum atomic E-state index is 10.0. The second-order valence-corrected chi connectivity index (χ2v) is 4.21. The topological polar surface area (TPSA) is 37.3 Å². The van der Waals surface area contributed by atoms with Crippen LogP contribution in [-0.2, 0) is 4.79 Å². The third kappa shape index (κ3) is 2.66. The van der Waals surface area contributed by atoms with E-state index in [2.05, 4.69) is 16.0 Å². The van der Waals surface area contributed by atoms with E-state index in [0.29, 0.717) is 0 Å². The summed E-state index contributed by atoms with van der Waals surface area (Å²) in [5.74, 6) is -0.785. The van der Waals surface area contributed by atoms with Crippen LogP contribution in [0.15, 0.2) is 0 Å². The van der Waals surface area contributed by atoms with Gasteiger partial charge >= 0.3 is 50.0 Å². The first-order valence-corrected chi connectivity index (χ1v) is 2.84. The van der Waals surface area contributed by atoms with Crippen molar-refractivity contribution in [3.63, 3.8) is 0 Å². The Balaban J connectivity index is 3.79. The standard InChI is InChI=1S/C4H8O2Se/c1-4(2,7)3(5)6/h7H,1-2H3,(H,5,6). The Hall–Kier alpha value is -0.0105. The Morgan fingerprint density at radius 3 is 1.86 bits per heavy atom. The summed E-state index contributed by atoms with van der Waals surface area (Å²) >= 11 is 2.09. The van der Waals surface area contributed by atoms with Crippen molar-refractivity contribution in [3.8, 4) is 0 Å². The molecule has 0 heterocycles. The molecule has 0 aliphatic carbocycles. The van der Waals surface area contributed by atoms with Crippen LogP contribution in [0.25, 0.3) is 0 Å². The van der Waals surface area contributed by atoms with E-state index in [9.17, 15) is 4.79 Å². The summed E-state index contributed by atoms with van der Waals surface area (Å²) in [7, 11) is 0. The molecule has 0 aromatic rings. The predicted molar refractivity (Wildman–Crippen MR) is 28.8 cm³/mol. The summed E-state index contributed by atoms with van der Waals surface area (Å²) in [5.41, 5.74) is 0. The van der Waals surface area contributed by atoms with Gasteiger partial charge in [-0.3, -0.25) is 0 Å². The molecule has 0 rings (SSSR count). The van der Waals surface area contributed by atoms with Crippen molar-refractivity contribution in [2.24, 2.45) is 0 Å². The van der Waals surface area contributed by atoms with E-state index in [1.165, 1.54) is 0 Å². The molecule has 0 unspecified atom stereocenters.